The van der Waals surface area contributed by atoms with Crippen LogP contribution in [0, 0.1) is 6.92 Å². The van der Waals surface area contributed by atoms with Crippen molar-refractivity contribution < 1.29 is 8.42 Å². The lowest BCUT2D eigenvalue weighted by Gasteiger charge is -2.31. The number of halogens is 1. The lowest BCUT2D eigenvalue weighted by atomic mass is 10.1. The highest BCUT2D eigenvalue weighted by Gasteiger charge is 2.31. The molecule has 0 saturated carbocycles. The van der Waals surface area contributed by atoms with Crippen LogP contribution in [0.3, 0.4) is 0 Å². The van der Waals surface area contributed by atoms with Crippen molar-refractivity contribution in [1.29, 1.82) is 0 Å². The zero-order chi connectivity index (χ0) is 26.9. The van der Waals surface area contributed by atoms with Gasteiger partial charge in [0.15, 0.2) is 5.03 Å². The molecule has 0 unspecified atom stereocenters. The fourth-order valence-corrected chi connectivity index (χ4v) is 6.22. The maximum absolute atomic E-state index is 12.9. The van der Waals surface area contributed by atoms with Crippen LogP contribution in [0.4, 0.5) is 5.95 Å². The van der Waals surface area contributed by atoms with Crippen LogP contribution in [0.25, 0.3) is 16.9 Å². The molecule has 200 valence electrons. The van der Waals surface area contributed by atoms with Crippen LogP contribution in [0.2, 0.25) is 5.02 Å². The summed E-state index contributed by atoms with van der Waals surface area (Å²) < 4.78 is 30.6. The zero-order valence-corrected chi connectivity index (χ0v) is 23.0. The Bertz CT molecular complexity index is 1540. The van der Waals surface area contributed by atoms with E-state index in [1.807, 2.05) is 24.0 Å². The molecule has 13 heteroatoms. The first kappa shape index (κ1) is 26.3. The van der Waals surface area contributed by atoms with E-state index in [1.54, 1.807) is 24.0 Å². The highest BCUT2D eigenvalue weighted by Crippen LogP contribution is 2.28. The van der Waals surface area contributed by atoms with Crippen LogP contribution in [-0.2, 0) is 23.6 Å². The minimum absolute atomic E-state index is 0.0284. The third kappa shape index (κ3) is 5.44. The molecule has 1 aliphatic heterocycles. The second-order valence-electron chi connectivity index (χ2n) is 9.41. The first-order valence-electron chi connectivity index (χ1n) is 12.3. The van der Waals surface area contributed by atoms with Gasteiger partial charge in [-0.3, -0.25) is 0 Å². The van der Waals surface area contributed by atoms with Gasteiger partial charge in [-0.05, 0) is 44.0 Å². The van der Waals surface area contributed by atoms with Crippen LogP contribution in [0.15, 0.2) is 54.3 Å². The quantitative estimate of drug-likeness (QED) is 0.340. The molecule has 4 aromatic rings. The minimum atomic E-state index is -3.60. The Morgan fingerprint density at radius 3 is 2.61 bits per heavy atom. The predicted molar refractivity (Wildman–Crippen MR) is 146 cm³/mol. The number of aromatic nitrogens is 6. The number of sulfonamides is 1. The van der Waals surface area contributed by atoms with Crippen LogP contribution in [0.5, 0.6) is 0 Å². The largest absolute Gasteiger partial charge is 0.351 e. The molecule has 1 aliphatic rings. The number of nitrogens with zero attached hydrogens (tertiary/aromatic N) is 7. The molecule has 38 heavy (non-hydrogen) atoms. The van der Waals surface area contributed by atoms with Crippen molar-refractivity contribution in [3.8, 4) is 16.9 Å². The summed E-state index contributed by atoms with van der Waals surface area (Å²) in [6.45, 7) is 3.63. The van der Waals surface area contributed by atoms with Crippen molar-refractivity contribution in [1.82, 2.24) is 38.9 Å². The van der Waals surface area contributed by atoms with E-state index < -0.39 is 10.0 Å². The van der Waals surface area contributed by atoms with E-state index in [1.165, 1.54) is 22.4 Å². The molecule has 3 aromatic heterocycles. The van der Waals surface area contributed by atoms with Gasteiger partial charge in [0, 0.05) is 50.7 Å². The van der Waals surface area contributed by atoms with Crippen molar-refractivity contribution in [2.75, 3.05) is 25.5 Å². The van der Waals surface area contributed by atoms with E-state index in [4.69, 9.17) is 11.6 Å². The highest BCUT2D eigenvalue weighted by molar-refractivity contribution is 7.89. The second kappa shape index (κ2) is 10.8. The van der Waals surface area contributed by atoms with Crippen molar-refractivity contribution >= 4 is 27.6 Å². The van der Waals surface area contributed by atoms with Crippen LogP contribution >= 0.6 is 11.6 Å². The average molecular weight is 556 g/mol. The number of anilines is 1. The van der Waals surface area contributed by atoms with Crippen LogP contribution < -0.4 is 10.6 Å². The molecule has 0 bridgehead atoms. The summed E-state index contributed by atoms with van der Waals surface area (Å²) in [6, 6.07) is 6.29. The number of piperidine rings is 1. The van der Waals surface area contributed by atoms with E-state index in [9.17, 15) is 8.42 Å². The molecule has 2 N–H and O–H groups in total. The molecule has 5 rings (SSSR count). The monoisotopic (exact) mass is 555 g/mol. The molecule has 0 atom stereocenters. The van der Waals surface area contributed by atoms with Crippen molar-refractivity contribution in [2.24, 2.45) is 7.05 Å². The molecule has 4 heterocycles. The van der Waals surface area contributed by atoms with Crippen molar-refractivity contribution in [3.05, 3.63) is 65.5 Å². The summed E-state index contributed by atoms with van der Waals surface area (Å²) in [5.41, 5.74) is 4.65. The van der Waals surface area contributed by atoms with Gasteiger partial charge >= 0.3 is 0 Å². The summed E-state index contributed by atoms with van der Waals surface area (Å²) in [5, 5.41) is 11.5. The van der Waals surface area contributed by atoms with Gasteiger partial charge in [-0.15, -0.1) is 0 Å². The van der Waals surface area contributed by atoms with Gasteiger partial charge in [-0.2, -0.15) is 9.40 Å². The number of rotatable bonds is 8. The van der Waals surface area contributed by atoms with Gasteiger partial charge in [0.1, 0.15) is 0 Å². The molecule has 1 aromatic carbocycles. The summed E-state index contributed by atoms with van der Waals surface area (Å²) in [7, 11) is 0.0700. The lowest BCUT2D eigenvalue weighted by molar-refractivity contribution is 0.328. The van der Waals surface area contributed by atoms with Crippen molar-refractivity contribution in [2.45, 2.75) is 37.4 Å². The summed E-state index contributed by atoms with van der Waals surface area (Å²) >= 11 is 6.47. The molecule has 11 nitrogen and oxygen atoms in total. The fourth-order valence-electron chi connectivity index (χ4n) is 4.58. The summed E-state index contributed by atoms with van der Waals surface area (Å²) in [6.07, 6.45) is 9.46. The first-order chi connectivity index (χ1) is 18.2. The topological polar surface area (TPSA) is 123 Å². The van der Waals surface area contributed by atoms with E-state index in [0.29, 0.717) is 42.6 Å². The second-order valence-corrected chi connectivity index (χ2v) is 11.7. The predicted octanol–water partition coefficient (Wildman–Crippen LogP) is 3.01. The van der Waals surface area contributed by atoms with Crippen LogP contribution in [-0.4, -0.2) is 68.2 Å². The van der Waals surface area contributed by atoms with Crippen molar-refractivity contribution in [3.63, 3.8) is 0 Å². The molecule has 0 amide bonds. The number of hydrogen-bond donors (Lipinski definition) is 2. The number of hydrogen-bond acceptors (Lipinski definition) is 8. The standard InChI is InChI=1S/C25H30ClN9O2S/c1-17-10-18(11-27-2)4-5-22(17)35-14-19(12-30-35)24-21(26)13-28-25(32-24)31-20-6-8-34(9-7-20)38(36,37)23-15-33(3)16-29-23/h4-5,10,12-16,20,27H,6-9,11H2,1-3H3,(H,28,31,32). The van der Waals surface area contributed by atoms with E-state index in [0.717, 1.165) is 23.4 Å². The zero-order valence-electron chi connectivity index (χ0n) is 21.5. The molecule has 1 saturated heterocycles. The lowest BCUT2D eigenvalue weighted by Crippen LogP contribution is -2.42. The Balaban J connectivity index is 1.27. The maximum atomic E-state index is 12.9. The number of imidazole rings is 1. The Morgan fingerprint density at radius 2 is 1.92 bits per heavy atom. The fraction of sp³-hybridized carbons (Fsp3) is 0.360. The van der Waals surface area contributed by atoms with E-state index >= 15 is 0 Å². The number of benzene rings is 1. The minimum Gasteiger partial charge on any atom is -0.351 e. The Hall–Kier alpha value is -3.32. The van der Waals surface area contributed by atoms with Gasteiger partial charge in [-0.25, -0.2) is 28.1 Å². The number of nitrogens with one attached hydrogen (secondary N) is 2. The normalized spacial score (nSPS) is 15.2. The van der Waals surface area contributed by atoms with Gasteiger partial charge < -0.3 is 15.2 Å². The van der Waals surface area contributed by atoms with E-state index in [2.05, 4.69) is 49.7 Å². The summed E-state index contributed by atoms with van der Waals surface area (Å²) in [5.74, 6) is 0.441. The summed E-state index contributed by atoms with van der Waals surface area (Å²) in [4.78, 5) is 13.0. The highest BCUT2D eigenvalue weighted by atomic mass is 35.5. The smallest absolute Gasteiger partial charge is 0.262 e. The van der Waals surface area contributed by atoms with Crippen LogP contribution in [0.1, 0.15) is 24.0 Å². The Kier molecular flexibility index (Phi) is 7.48. The molecule has 0 aliphatic carbocycles. The molecule has 0 spiro atoms. The molecule has 1 fully saturated rings. The van der Waals surface area contributed by atoms with Gasteiger partial charge in [-0.1, -0.05) is 23.7 Å². The molecular formula is C25H30ClN9O2S. The van der Waals surface area contributed by atoms with E-state index in [-0.39, 0.29) is 11.1 Å². The number of aryl methyl sites for hydroxylation is 2. The Morgan fingerprint density at radius 1 is 1.13 bits per heavy atom. The van der Waals surface area contributed by atoms with Gasteiger partial charge in [0.2, 0.25) is 5.95 Å². The van der Waals surface area contributed by atoms with Gasteiger partial charge in [0.25, 0.3) is 10.0 Å². The average Bonchev–Trinajstić information content (AvgIpc) is 3.56. The third-order valence-corrected chi connectivity index (χ3v) is 8.62. The first-order valence-corrected chi connectivity index (χ1v) is 14.1. The SMILES string of the molecule is CNCc1ccc(-n2cc(-c3nc(NC4CCN(S(=O)(=O)c5cn(C)cn5)CC4)ncc3Cl)cn2)c(C)c1. The molecular weight excluding hydrogens is 526 g/mol. The molecule has 0 radical (unpaired) electrons. The third-order valence-electron chi connectivity index (χ3n) is 6.56. The van der Waals surface area contributed by atoms with Gasteiger partial charge in [0.05, 0.1) is 35.1 Å². The Labute approximate surface area is 226 Å². The maximum Gasteiger partial charge on any atom is 0.262 e.